The highest BCUT2D eigenvalue weighted by atomic mass is 16.3. The molecule has 1 aliphatic rings. The van der Waals surface area contributed by atoms with E-state index in [0.717, 1.165) is 25.7 Å². The number of phenolic OH excluding ortho intramolecular Hbond substituents is 1. The largest absolute Gasteiger partial charge is 0.508 e. The molecule has 0 spiro atoms. The fourth-order valence-electron chi connectivity index (χ4n) is 2.42. The summed E-state index contributed by atoms with van der Waals surface area (Å²) in [6.45, 7) is 0.336. The quantitative estimate of drug-likeness (QED) is 0.781. The van der Waals surface area contributed by atoms with Gasteiger partial charge in [0.25, 0.3) is 0 Å². The summed E-state index contributed by atoms with van der Waals surface area (Å²) in [4.78, 5) is 0. The van der Waals surface area contributed by atoms with Gasteiger partial charge in [0.1, 0.15) is 5.75 Å². The first-order valence-corrected chi connectivity index (χ1v) is 5.69. The molecule has 2 rings (SSSR count). The molecule has 1 saturated carbocycles. The zero-order valence-electron chi connectivity index (χ0n) is 8.89. The Hall–Kier alpha value is -1.02. The molecule has 15 heavy (non-hydrogen) atoms. The van der Waals surface area contributed by atoms with Crippen LogP contribution in [0.5, 0.6) is 5.75 Å². The maximum Gasteiger partial charge on any atom is 0.115 e. The summed E-state index contributed by atoms with van der Waals surface area (Å²) >= 11 is 0. The lowest BCUT2D eigenvalue weighted by molar-refractivity contribution is 0.182. The maximum absolute atomic E-state index is 9.20. The molecule has 1 aromatic carbocycles. The Morgan fingerprint density at radius 1 is 1.00 bits per heavy atom. The molecule has 0 aliphatic heterocycles. The van der Waals surface area contributed by atoms with Crippen molar-refractivity contribution in [3.05, 3.63) is 29.8 Å². The molecule has 2 heteroatoms. The van der Waals surface area contributed by atoms with Gasteiger partial charge in [0, 0.05) is 6.61 Å². The third-order valence-electron chi connectivity index (χ3n) is 3.47. The van der Waals surface area contributed by atoms with Gasteiger partial charge in [-0.05, 0) is 55.2 Å². The van der Waals surface area contributed by atoms with Crippen LogP contribution in [-0.4, -0.2) is 16.8 Å². The average Bonchev–Trinajstić information content (AvgIpc) is 2.30. The Morgan fingerprint density at radius 3 is 2.13 bits per heavy atom. The number of rotatable bonds is 2. The van der Waals surface area contributed by atoms with E-state index < -0.39 is 0 Å². The Morgan fingerprint density at radius 2 is 1.60 bits per heavy atom. The molecule has 1 fully saturated rings. The SMILES string of the molecule is OC[C@H]1CC[C@@H](c2ccc(O)cc2)CC1. The van der Waals surface area contributed by atoms with Crippen molar-refractivity contribution in [1.29, 1.82) is 0 Å². The molecule has 0 saturated heterocycles. The summed E-state index contributed by atoms with van der Waals surface area (Å²) in [5.41, 5.74) is 1.32. The predicted molar refractivity (Wildman–Crippen MR) is 59.9 cm³/mol. The molecule has 0 bridgehead atoms. The van der Waals surface area contributed by atoms with Crippen molar-refractivity contribution in [3.63, 3.8) is 0 Å². The van der Waals surface area contributed by atoms with Crippen LogP contribution >= 0.6 is 0 Å². The van der Waals surface area contributed by atoms with Crippen LogP contribution in [0.4, 0.5) is 0 Å². The monoisotopic (exact) mass is 206 g/mol. The lowest BCUT2D eigenvalue weighted by atomic mass is 9.79. The topological polar surface area (TPSA) is 40.5 Å². The molecule has 1 aromatic rings. The number of aliphatic hydroxyl groups is 1. The van der Waals surface area contributed by atoms with Gasteiger partial charge in [0.05, 0.1) is 0 Å². The molecule has 2 N–H and O–H groups in total. The molecule has 82 valence electrons. The number of hydrogen-bond acceptors (Lipinski definition) is 2. The van der Waals surface area contributed by atoms with Crippen molar-refractivity contribution in [2.45, 2.75) is 31.6 Å². The molecular formula is C13H18O2. The van der Waals surface area contributed by atoms with Crippen molar-refractivity contribution in [2.24, 2.45) is 5.92 Å². The Kier molecular flexibility index (Phi) is 3.27. The zero-order chi connectivity index (χ0) is 10.7. The number of phenols is 1. The summed E-state index contributed by atoms with van der Waals surface area (Å²) in [5.74, 6) is 1.47. The lowest BCUT2D eigenvalue weighted by Crippen LogP contribution is -2.15. The molecule has 0 heterocycles. The predicted octanol–water partition coefficient (Wildman–Crippen LogP) is 2.66. The van der Waals surface area contributed by atoms with Crippen LogP contribution in [0.3, 0.4) is 0 Å². The summed E-state index contributed by atoms with van der Waals surface area (Å²) in [7, 11) is 0. The standard InChI is InChI=1S/C13H18O2/c14-9-10-1-3-11(4-2-10)12-5-7-13(15)8-6-12/h5-8,10-11,14-15H,1-4,9H2/t10-,11+. The fraction of sp³-hybridized carbons (Fsp3) is 0.538. The minimum absolute atomic E-state index is 0.336. The van der Waals surface area contributed by atoms with Crippen LogP contribution in [0, 0.1) is 5.92 Å². The minimum atomic E-state index is 0.336. The summed E-state index contributed by atoms with van der Waals surface area (Å²) in [6, 6.07) is 7.54. The first-order chi connectivity index (χ1) is 7.29. The van der Waals surface area contributed by atoms with E-state index in [2.05, 4.69) is 0 Å². The lowest BCUT2D eigenvalue weighted by Gasteiger charge is -2.27. The van der Waals surface area contributed by atoms with E-state index in [-0.39, 0.29) is 0 Å². The normalized spacial score (nSPS) is 26.5. The third kappa shape index (κ3) is 2.51. The van der Waals surface area contributed by atoms with Crippen LogP contribution in [-0.2, 0) is 0 Å². The molecule has 0 aromatic heterocycles. The second kappa shape index (κ2) is 4.67. The van der Waals surface area contributed by atoms with Crippen LogP contribution < -0.4 is 0 Å². The smallest absolute Gasteiger partial charge is 0.115 e. The van der Waals surface area contributed by atoms with Gasteiger partial charge >= 0.3 is 0 Å². The van der Waals surface area contributed by atoms with Crippen molar-refractivity contribution in [2.75, 3.05) is 6.61 Å². The number of hydrogen-bond donors (Lipinski definition) is 2. The molecule has 1 aliphatic carbocycles. The molecule has 0 amide bonds. The Bertz CT molecular complexity index is 297. The molecule has 0 unspecified atom stereocenters. The van der Waals surface area contributed by atoms with E-state index in [0.29, 0.717) is 24.2 Å². The molecule has 0 radical (unpaired) electrons. The van der Waals surface area contributed by atoms with Crippen molar-refractivity contribution >= 4 is 0 Å². The second-order valence-electron chi connectivity index (χ2n) is 4.49. The van der Waals surface area contributed by atoms with Crippen LogP contribution in [0.2, 0.25) is 0 Å². The minimum Gasteiger partial charge on any atom is -0.508 e. The summed E-state index contributed by atoms with van der Waals surface area (Å²) < 4.78 is 0. The highest BCUT2D eigenvalue weighted by Crippen LogP contribution is 2.35. The Balaban J connectivity index is 1.98. The van der Waals surface area contributed by atoms with E-state index in [1.165, 1.54) is 5.56 Å². The van der Waals surface area contributed by atoms with Gasteiger partial charge in [0.15, 0.2) is 0 Å². The van der Waals surface area contributed by atoms with E-state index in [1.54, 1.807) is 12.1 Å². The first-order valence-electron chi connectivity index (χ1n) is 5.69. The van der Waals surface area contributed by atoms with Gasteiger partial charge in [-0.15, -0.1) is 0 Å². The highest BCUT2D eigenvalue weighted by molar-refractivity contribution is 5.28. The van der Waals surface area contributed by atoms with Crippen LogP contribution in [0.15, 0.2) is 24.3 Å². The van der Waals surface area contributed by atoms with Crippen molar-refractivity contribution < 1.29 is 10.2 Å². The van der Waals surface area contributed by atoms with Crippen LogP contribution in [0.25, 0.3) is 0 Å². The number of benzene rings is 1. The van der Waals surface area contributed by atoms with Gasteiger partial charge in [-0.2, -0.15) is 0 Å². The molecular weight excluding hydrogens is 188 g/mol. The molecule has 0 atom stereocenters. The van der Waals surface area contributed by atoms with Gasteiger partial charge < -0.3 is 10.2 Å². The van der Waals surface area contributed by atoms with E-state index in [4.69, 9.17) is 5.11 Å². The second-order valence-corrected chi connectivity index (χ2v) is 4.49. The average molecular weight is 206 g/mol. The van der Waals surface area contributed by atoms with E-state index >= 15 is 0 Å². The van der Waals surface area contributed by atoms with Gasteiger partial charge in [0.2, 0.25) is 0 Å². The number of aliphatic hydroxyl groups excluding tert-OH is 1. The summed E-state index contributed by atoms with van der Waals surface area (Å²) in [6.07, 6.45) is 4.58. The number of aromatic hydroxyl groups is 1. The van der Waals surface area contributed by atoms with Gasteiger partial charge in [-0.25, -0.2) is 0 Å². The Labute approximate surface area is 90.6 Å². The maximum atomic E-state index is 9.20. The molecule has 2 nitrogen and oxygen atoms in total. The zero-order valence-corrected chi connectivity index (χ0v) is 8.89. The first kappa shape index (κ1) is 10.5. The van der Waals surface area contributed by atoms with E-state index in [9.17, 15) is 5.11 Å². The fourth-order valence-corrected chi connectivity index (χ4v) is 2.42. The summed E-state index contributed by atoms with van der Waals surface area (Å²) in [5, 5.41) is 18.3. The highest BCUT2D eigenvalue weighted by Gasteiger charge is 2.21. The van der Waals surface area contributed by atoms with Crippen LogP contribution in [0.1, 0.15) is 37.2 Å². The third-order valence-corrected chi connectivity index (χ3v) is 3.47. The van der Waals surface area contributed by atoms with Gasteiger partial charge in [-0.3, -0.25) is 0 Å². The van der Waals surface area contributed by atoms with Gasteiger partial charge in [-0.1, -0.05) is 12.1 Å². The van der Waals surface area contributed by atoms with E-state index in [1.807, 2.05) is 12.1 Å². The van der Waals surface area contributed by atoms with Crippen molar-refractivity contribution in [3.8, 4) is 5.75 Å². The van der Waals surface area contributed by atoms with Crippen molar-refractivity contribution in [1.82, 2.24) is 0 Å².